The number of nitrogens with two attached hydrogens (primary N) is 1. The third-order valence-corrected chi connectivity index (χ3v) is 6.92. The fourth-order valence-corrected chi connectivity index (χ4v) is 5.28. The van der Waals surface area contributed by atoms with Crippen LogP contribution in [0.15, 0.2) is 24.3 Å². The van der Waals surface area contributed by atoms with Crippen molar-refractivity contribution in [2.45, 2.75) is 76.3 Å². The molecule has 3 N–H and O–H groups in total. The van der Waals surface area contributed by atoms with E-state index in [-0.39, 0.29) is 11.8 Å². The highest BCUT2D eigenvalue weighted by atomic mass is 16.3. The molecule has 2 saturated heterocycles. The molecule has 0 aliphatic carbocycles. The van der Waals surface area contributed by atoms with Crippen LogP contribution in [0, 0.1) is 0 Å². The zero-order chi connectivity index (χ0) is 21.5. The van der Waals surface area contributed by atoms with Gasteiger partial charge in [0.05, 0.1) is 0 Å². The van der Waals surface area contributed by atoms with Crippen molar-refractivity contribution in [3.8, 4) is 0 Å². The van der Waals surface area contributed by atoms with Gasteiger partial charge in [-0.1, -0.05) is 38.3 Å². The van der Waals surface area contributed by atoms with E-state index in [1.807, 2.05) is 17.0 Å². The highest BCUT2D eigenvalue weighted by Gasteiger charge is 2.41. The fourth-order valence-electron chi connectivity index (χ4n) is 5.28. The second kappa shape index (κ2) is 10.9. The van der Waals surface area contributed by atoms with Gasteiger partial charge in [-0.05, 0) is 55.7 Å². The number of aliphatic hydroxyl groups is 1. The number of nitrogens with zero attached hydrogens (tertiary/aromatic N) is 2. The summed E-state index contributed by atoms with van der Waals surface area (Å²) in [6, 6.07) is 8.84. The Morgan fingerprint density at radius 1 is 1.13 bits per heavy atom. The van der Waals surface area contributed by atoms with E-state index >= 15 is 0 Å². The Hall–Kier alpha value is -1.92. The van der Waals surface area contributed by atoms with Gasteiger partial charge in [-0.15, -0.1) is 0 Å². The first kappa shape index (κ1) is 22.8. The van der Waals surface area contributed by atoms with Crippen LogP contribution in [0.1, 0.15) is 80.1 Å². The van der Waals surface area contributed by atoms with Crippen molar-refractivity contribution in [1.29, 1.82) is 0 Å². The van der Waals surface area contributed by atoms with Crippen LogP contribution in [0.4, 0.5) is 0 Å². The summed E-state index contributed by atoms with van der Waals surface area (Å²) in [5.74, 6) is -0.0656. The predicted molar refractivity (Wildman–Crippen MR) is 118 cm³/mol. The first-order valence-corrected chi connectivity index (χ1v) is 11.6. The van der Waals surface area contributed by atoms with Crippen molar-refractivity contribution in [1.82, 2.24) is 9.80 Å². The van der Waals surface area contributed by atoms with E-state index in [1.165, 1.54) is 31.2 Å². The number of hydrogen-bond acceptors (Lipinski definition) is 4. The first-order valence-electron chi connectivity index (χ1n) is 11.6. The zero-order valence-corrected chi connectivity index (χ0v) is 18.3. The van der Waals surface area contributed by atoms with Gasteiger partial charge >= 0.3 is 0 Å². The number of unbranched alkanes of at least 4 members (excludes halogenated alkanes) is 3. The van der Waals surface area contributed by atoms with E-state index in [1.54, 1.807) is 6.07 Å². The summed E-state index contributed by atoms with van der Waals surface area (Å²) in [6.07, 6.45) is 9.07. The smallest absolute Gasteiger partial charge is 0.248 e. The molecule has 2 aliphatic heterocycles. The summed E-state index contributed by atoms with van der Waals surface area (Å²) in [6.45, 7) is 4.09. The summed E-state index contributed by atoms with van der Waals surface area (Å²) in [4.78, 5) is 28.1. The summed E-state index contributed by atoms with van der Waals surface area (Å²) < 4.78 is 0. The number of primary amides is 1. The molecular weight excluding hydrogens is 378 g/mol. The number of hydrogen-bond donors (Lipinski definition) is 2. The Morgan fingerprint density at radius 3 is 2.50 bits per heavy atom. The van der Waals surface area contributed by atoms with E-state index in [2.05, 4.69) is 17.9 Å². The molecule has 3 atom stereocenters. The van der Waals surface area contributed by atoms with Crippen LogP contribution < -0.4 is 5.73 Å². The average molecular weight is 416 g/mol. The van der Waals surface area contributed by atoms with Crippen LogP contribution in [-0.4, -0.2) is 65.0 Å². The molecular formula is C24H37N3O3. The Morgan fingerprint density at radius 2 is 1.87 bits per heavy atom. The Labute approximate surface area is 180 Å². The van der Waals surface area contributed by atoms with Gasteiger partial charge in [0.2, 0.25) is 11.8 Å². The Balaban J connectivity index is 1.57. The van der Waals surface area contributed by atoms with Crippen molar-refractivity contribution in [2.24, 2.45) is 5.73 Å². The molecule has 2 bridgehead atoms. The lowest BCUT2D eigenvalue weighted by molar-refractivity contribution is -0.134. The van der Waals surface area contributed by atoms with Gasteiger partial charge < -0.3 is 15.7 Å². The molecule has 1 unspecified atom stereocenters. The quantitative estimate of drug-likeness (QED) is 0.544. The zero-order valence-electron chi connectivity index (χ0n) is 18.3. The van der Waals surface area contributed by atoms with Crippen LogP contribution >= 0.6 is 0 Å². The molecule has 166 valence electrons. The number of fused-ring (bicyclic) bond motifs is 2. The fraction of sp³-hybridized carbons (Fsp3) is 0.667. The minimum atomic E-state index is -0.404. The Kier molecular flexibility index (Phi) is 8.28. The van der Waals surface area contributed by atoms with Crippen molar-refractivity contribution in [3.05, 3.63) is 35.4 Å². The van der Waals surface area contributed by atoms with Gasteiger partial charge in [-0.3, -0.25) is 14.5 Å². The van der Waals surface area contributed by atoms with Gasteiger partial charge in [-0.2, -0.15) is 0 Å². The maximum atomic E-state index is 12.2. The normalized spacial score (nSPS) is 23.5. The third-order valence-electron chi connectivity index (χ3n) is 6.92. The lowest BCUT2D eigenvalue weighted by Crippen LogP contribution is -2.47. The minimum Gasteiger partial charge on any atom is -0.387 e. The monoisotopic (exact) mass is 415 g/mol. The van der Waals surface area contributed by atoms with Crippen LogP contribution in [0.2, 0.25) is 0 Å². The highest BCUT2D eigenvalue weighted by molar-refractivity contribution is 5.92. The predicted octanol–water partition coefficient (Wildman–Crippen LogP) is 2.90. The second-order valence-electron chi connectivity index (χ2n) is 8.88. The lowest BCUT2D eigenvalue weighted by Gasteiger charge is -2.40. The third kappa shape index (κ3) is 5.61. The van der Waals surface area contributed by atoms with Gasteiger partial charge in [0.25, 0.3) is 0 Å². The summed E-state index contributed by atoms with van der Waals surface area (Å²) in [7, 11) is 0. The van der Waals surface area contributed by atoms with E-state index in [4.69, 9.17) is 5.73 Å². The van der Waals surface area contributed by atoms with Crippen LogP contribution in [0.3, 0.4) is 0 Å². The van der Waals surface area contributed by atoms with Crippen LogP contribution in [0.25, 0.3) is 0 Å². The largest absolute Gasteiger partial charge is 0.387 e. The molecule has 6 nitrogen and oxygen atoms in total. The molecule has 1 aromatic rings. The van der Waals surface area contributed by atoms with Crippen molar-refractivity contribution in [3.63, 3.8) is 0 Å². The minimum absolute atomic E-state index is 0.156. The second-order valence-corrected chi connectivity index (χ2v) is 8.88. The number of benzene rings is 1. The van der Waals surface area contributed by atoms with Crippen LogP contribution in [-0.2, 0) is 4.79 Å². The standard InChI is InChI=1S/C24H37N3O3/c1-2-3-4-5-11-26(23(29)17-28)12-13-27-21-9-10-22(27)16-20(15-21)18-7-6-8-19(14-18)24(25)30/h6-8,14,20-22,28H,2-5,9-13,15-17H2,1H3,(H2,25,30)/t20?,21-,22+. The van der Waals surface area contributed by atoms with E-state index in [0.29, 0.717) is 30.1 Å². The number of carbonyl (C=O) groups is 2. The molecule has 0 radical (unpaired) electrons. The Bertz CT molecular complexity index is 709. The topological polar surface area (TPSA) is 86.9 Å². The van der Waals surface area contributed by atoms with Gasteiger partial charge in [-0.25, -0.2) is 0 Å². The highest BCUT2D eigenvalue weighted by Crippen LogP contribution is 2.43. The van der Waals surface area contributed by atoms with Gasteiger partial charge in [0.1, 0.15) is 6.61 Å². The van der Waals surface area contributed by atoms with Gasteiger partial charge in [0.15, 0.2) is 0 Å². The maximum Gasteiger partial charge on any atom is 0.248 e. The molecule has 3 rings (SSSR count). The molecule has 1 aromatic carbocycles. The first-order chi connectivity index (χ1) is 14.5. The molecule has 0 aromatic heterocycles. The van der Waals surface area contributed by atoms with Gasteiger partial charge in [0, 0.05) is 37.3 Å². The van der Waals surface area contributed by atoms with E-state index < -0.39 is 6.61 Å². The summed E-state index contributed by atoms with van der Waals surface area (Å²) >= 11 is 0. The number of piperidine rings is 1. The molecule has 2 aliphatic rings. The molecule has 2 amide bonds. The van der Waals surface area contributed by atoms with Crippen molar-refractivity contribution < 1.29 is 14.7 Å². The lowest BCUT2D eigenvalue weighted by atomic mass is 9.84. The van der Waals surface area contributed by atoms with E-state index in [0.717, 1.165) is 38.8 Å². The van der Waals surface area contributed by atoms with Crippen molar-refractivity contribution >= 4 is 11.8 Å². The number of aliphatic hydroxyl groups excluding tert-OH is 1. The molecule has 30 heavy (non-hydrogen) atoms. The molecule has 6 heteroatoms. The number of rotatable bonds is 11. The maximum absolute atomic E-state index is 12.2. The number of amides is 2. The van der Waals surface area contributed by atoms with Crippen molar-refractivity contribution in [2.75, 3.05) is 26.2 Å². The van der Waals surface area contributed by atoms with Crippen LogP contribution in [0.5, 0.6) is 0 Å². The molecule has 2 fully saturated rings. The SMILES string of the molecule is CCCCCCN(CCN1[C@@H]2CC[C@H]1CC(c1cccc(C(N)=O)c1)C2)C(=O)CO. The molecule has 2 heterocycles. The molecule has 0 spiro atoms. The summed E-state index contributed by atoms with van der Waals surface area (Å²) in [5, 5.41) is 9.35. The number of carbonyl (C=O) groups excluding carboxylic acids is 2. The average Bonchev–Trinajstić information content (AvgIpc) is 2.99. The molecule has 0 saturated carbocycles. The van der Waals surface area contributed by atoms with E-state index in [9.17, 15) is 14.7 Å². The summed E-state index contributed by atoms with van der Waals surface area (Å²) in [5.41, 5.74) is 7.26.